The van der Waals surface area contributed by atoms with Crippen molar-refractivity contribution in [3.8, 4) is 0 Å². The number of benzene rings is 1. The Kier molecular flexibility index (Phi) is 8.12. The molecule has 1 fully saturated rings. The summed E-state index contributed by atoms with van der Waals surface area (Å²) in [4.78, 5) is 35.4. The summed E-state index contributed by atoms with van der Waals surface area (Å²) < 4.78 is 4.95. The third-order valence-corrected chi connectivity index (χ3v) is 4.57. The summed E-state index contributed by atoms with van der Waals surface area (Å²) >= 11 is 0. The van der Waals surface area contributed by atoms with E-state index in [1.807, 2.05) is 37.3 Å². The molecule has 26 heavy (non-hydrogen) atoms. The lowest BCUT2D eigenvalue weighted by molar-refractivity contribution is -0.149. The van der Waals surface area contributed by atoms with Crippen LogP contribution in [0, 0.1) is 0 Å². The molecule has 0 aliphatic heterocycles. The first kappa shape index (κ1) is 19.9. The Morgan fingerprint density at radius 3 is 2.42 bits per heavy atom. The molecule has 1 saturated carbocycles. The van der Waals surface area contributed by atoms with Gasteiger partial charge in [0.25, 0.3) is 5.91 Å². The van der Waals surface area contributed by atoms with E-state index < -0.39 is 5.97 Å². The molecule has 0 spiro atoms. The van der Waals surface area contributed by atoms with E-state index in [9.17, 15) is 14.4 Å². The lowest BCUT2D eigenvalue weighted by Gasteiger charge is -2.22. The van der Waals surface area contributed by atoms with Crippen LogP contribution in [0.15, 0.2) is 30.3 Å². The summed E-state index contributed by atoms with van der Waals surface area (Å²) in [7, 11) is 0. The van der Waals surface area contributed by atoms with E-state index in [0.29, 0.717) is 0 Å². The van der Waals surface area contributed by atoms with Crippen molar-refractivity contribution in [3.05, 3.63) is 35.9 Å². The first-order chi connectivity index (χ1) is 12.5. The lowest BCUT2D eigenvalue weighted by atomic mass is 9.95. The van der Waals surface area contributed by atoms with Gasteiger partial charge in [0.2, 0.25) is 5.91 Å². The molecule has 1 atom stereocenters. The van der Waals surface area contributed by atoms with Gasteiger partial charge < -0.3 is 15.4 Å². The van der Waals surface area contributed by atoms with Crippen molar-refractivity contribution in [2.24, 2.45) is 0 Å². The van der Waals surface area contributed by atoms with Gasteiger partial charge in [-0.15, -0.1) is 0 Å². The average molecular weight is 360 g/mol. The van der Waals surface area contributed by atoms with E-state index in [1.54, 1.807) is 0 Å². The summed E-state index contributed by atoms with van der Waals surface area (Å²) in [6.07, 6.45) is 5.61. The molecule has 2 rings (SSSR count). The van der Waals surface area contributed by atoms with Gasteiger partial charge in [-0.25, -0.2) is 0 Å². The topological polar surface area (TPSA) is 84.5 Å². The van der Waals surface area contributed by atoms with E-state index in [1.165, 1.54) is 6.42 Å². The summed E-state index contributed by atoms with van der Waals surface area (Å²) in [5.41, 5.74) is 0.978. The number of amides is 2. The average Bonchev–Trinajstić information content (AvgIpc) is 2.66. The molecule has 2 amide bonds. The Balaban J connectivity index is 1.60. The SMILES string of the molecule is C[C@H](NC(=O)COC(=O)CCC(=O)NC1CCCCC1)c1ccccc1. The smallest absolute Gasteiger partial charge is 0.306 e. The zero-order valence-electron chi connectivity index (χ0n) is 15.3. The fourth-order valence-electron chi connectivity index (χ4n) is 3.09. The van der Waals surface area contributed by atoms with Crippen LogP contribution in [-0.4, -0.2) is 30.4 Å². The first-order valence-corrected chi connectivity index (χ1v) is 9.34. The predicted molar refractivity (Wildman–Crippen MR) is 98.2 cm³/mol. The Hall–Kier alpha value is -2.37. The van der Waals surface area contributed by atoms with E-state index in [-0.39, 0.29) is 43.3 Å². The second-order valence-corrected chi connectivity index (χ2v) is 6.76. The number of carbonyl (C=O) groups is 3. The molecule has 0 bridgehead atoms. The van der Waals surface area contributed by atoms with Crippen molar-refractivity contribution >= 4 is 17.8 Å². The highest BCUT2D eigenvalue weighted by Gasteiger charge is 2.17. The minimum atomic E-state index is -0.536. The zero-order chi connectivity index (χ0) is 18.8. The molecule has 0 heterocycles. The van der Waals surface area contributed by atoms with Gasteiger partial charge in [0.05, 0.1) is 12.5 Å². The van der Waals surface area contributed by atoms with Crippen molar-refractivity contribution in [2.45, 2.75) is 64.0 Å². The molecule has 1 aliphatic rings. The van der Waals surface area contributed by atoms with Crippen molar-refractivity contribution < 1.29 is 19.1 Å². The number of esters is 1. The van der Waals surface area contributed by atoms with Crippen molar-refractivity contribution in [3.63, 3.8) is 0 Å². The largest absolute Gasteiger partial charge is 0.456 e. The van der Waals surface area contributed by atoms with Crippen LogP contribution < -0.4 is 10.6 Å². The standard InChI is InChI=1S/C20H28N2O4/c1-15(16-8-4-2-5-9-16)21-19(24)14-26-20(25)13-12-18(23)22-17-10-6-3-7-11-17/h2,4-5,8-9,15,17H,3,6-7,10-14H2,1H3,(H,21,24)(H,22,23)/t15-/m0/s1. The van der Waals surface area contributed by atoms with E-state index >= 15 is 0 Å². The van der Waals surface area contributed by atoms with E-state index in [2.05, 4.69) is 10.6 Å². The van der Waals surface area contributed by atoms with Crippen LogP contribution in [0.3, 0.4) is 0 Å². The minimum Gasteiger partial charge on any atom is -0.456 e. The highest BCUT2D eigenvalue weighted by Crippen LogP contribution is 2.17. The number of carbonyl (C=O) groups excluding carboxylic acids is 3. The van der Waals surface area contributed by atoms with Gasteiger partial charge in [-0.05, 0) is 25.3 Å². The minimum absolute atomic E-state index is 0.0138. The van der Waals surface area contributed by atoms with Crippen LogP contribution in [0.4, 0.5) is 0 Å². The Labute approximate surface area is 154 Å². The lowest BCUT2D eigenvalue weighted by Crippen LogP contribution is -2.36. The normalized spacial score (nSPS) is 15.7. The zero-order valence-corrected chi connectivity index (χ0v) is 15.3. The summed E-state index contributed by atoms with van der Waals surface area (Å²) in [5, 5.41) is 5.73. The van der Waals surface area contributed by atoms with Crippen LogP contribution >= 0.6 is 0 Å². The van der Waals surface area contributed by atoms with Gasteiger partial charge in [-0.2, -0.15) is 0 Å². The monoisotopic (exact) mass is 360 g/mol. The first-order valence-electron chi connectivity index (χ1n) is 9.34. The predicted octanol–water partition coefficient (Wildman–Crippen LogP) is 2.64. The maximum atomic E-state index is 11.9. The molecule has 1 aromatic rings. The molecule has 1 aliphatic carbocycles. The number of rotatable bonds is 8. The molecule has 142 valence electrons. The highest BCUT2D eigenvalue weighted by molar-refractivity contribution is 5.83. The Morgan fingerprint density at radius 1 is 1.04 bits per heavy atom. The maximum Gasteiger partial charge on any atom is 0.306 e. The van der Waals surface area contributed by atoms with Crippen LogP contribution in [0.2, 0.25) is 0 Å². The van der Waals surface area contributed by atoms with Crippen LogP contribution in [0.5, 0.6) is 0 Å². The van der Waals surface area contributed by atoms with Gasteiger partial charge in [0.1, 0.15) is 0 Å². The van der Waals surface area contributed by atoms with Gasteiger partial charge in [0.15, 0.2) is 6.61 Å². The molecule has 1 aromatic carbocycles. The number of nitrogens with one attached hydrogen (secondary N) is 2. The van der Waals surface area contributed by atoms with Gasteiger partial charge in [0, 0.05) is 12.5 Å². The number of hydrogen-bond donors (Lipinski definition) is 2. The molecule has 0 radical (unpaired) electrons. The second kappa shape index (κ2) is 10.6. The molecule has 6 nitrogen and oxygen atoms in total. The summed E-state index contributed by atoms with van der Waals surface area (Å²) in [6.45, 7) is 1.53. The molecule has 0 aromatic heterocycles. The fraction of sp³-hybridized carbons (Fsp3) is 0.550. The van der Waals surface area contributed by atoms with E-state index in [0.717, 1.165) is 31.2 Å². The molecule has 6 heteroatoms. The Morgan fingerprint density at radius 2 is 1.73 bits per heavy atom. The quantitative estimate of drug-likeness (QED) is 0.698. The van der Waals surface area contributed by atoms with E-state index in [4.69, 9.17) is 4.74 Å². The molecule has 0 saturated heterocycles. The third kappa shape index (κ3) is 7.25. The van der Waals surface area contributed by atoms with Crippen molar-refractivity contribution in [1.82, 2.24) is 10.6 Å². The summed E-state index contributed by atoms with van der Waals surface area (Å²) in [6, 6.07) is 9.61. The Bertz CT molecular complexity index is 597. The third-order valence-electron chi connectivity index (χ3n) is 4.57. The number of ether oxygens (including phenoxy) is 1. The van der Waals surface area contributed by atoms with Gasteiger partial charge in [-0.1, -0.05) is 49.6 Å². The van der Waals surface area contributed by atoms with Crippen LogP contribution in [0.1, 0.15) is 63.5 Å². The fourth-order valence-corrected chi connectivity index (χ4v) is 3.09. The number of hydrogen-bond acceptors (Lipinski definition) is 4. The molecule has 0 unspecified atom stereocenters. The molecular formula is C20H28N2O4. The van der Waals surface area contributed by atoms with Crippen LogP contribution in [-0.2, 0) is 19.1 Å². The molecule has 2 N–H and O–H groups in total. The summed E-state index contributed by atoms with van der Waals surface area (Å²) in [5.74, 6) is -1.02. The molecular weight excluding hydrogens is 332 g/mol. The second-order valence-electron chi connectivity index (χ2n) is 6.76. The van der Waals surface area contributed by atoms with Gasteiger partial charge in [-0.3, -0.25) is 14.4 Å². The van der Waals surface area contributed by atoms with Gasteiger partial charge >= 0.3 is 5.97 Å². The van der Waals surface area contributed by atoms with Crippen molar-refractivity contribution in [1.29, 1.82) is 0 Å². The maximum absolute atomic E-state index is 11.9. The highest BCUT2D eigenvalue weighted by atomic mass is 16.5. The van der Waals surface area contributed by atoms with Crippen molar-refractivity contribution in [2.75, 3.05) is 6.61 Å². The van der Waals surface area contributed by atoms with Crippen LogP contribution in [0.25, 0.3) is 0 Å².